The van der Waals surface area contributed by atoms with Crippen LogP contribution in [0.4, 0.5) is 10.1 Å². The maximum absolute atomic E-state index is 12.9. The van der Waals surface area contributed by atoms with Crippen LogP contribution in [0.25, 0.3) is 0 Å². The Balaban J connectivity index is 2.13. The molecular formula is C16H17FN2O. The van der Waals surface area contributed by atoms with E-state index in [1.54, 1.807) is 25.2 Å². The fraction of sp³-hybridized carbons (Fsp3) is 0.188. The van der Waals surface area contributed by atoms with E-state index in [-0.39, 0.29) is 17.8 Å². The fourth-order valence-corrected chi connectivity index (χ4v) is 2.01. The van der Waals surface area contributed by atoms with E-state index in [1.165, 1.54) is 12.1 Å². The van der Waals surface area contributed by atoms with Crippen LogP contribution in [0.15, 0.2) is 48.5 Å². The van der Waals surface area contributed by atoms with Gasteiger partial charge in [0.15, 0.2) is 0 Å². The largest absolute Gasteiger partial charge is 0.387 e. The monoisotopic (exact) mass is 272 g/mol. The Morgan fingerprint density at radius 1 is 1.10 bits per heavy atom. The summed E-state index contributed by atoms with van der Waals surface area (Å²) < 4.78 is 12.9. The minimum Gasteiger partial charge on any atom is -0.387 e. The Hall–Kier alpha value is -2.36. The van der Waals surface area contributed by atoms with E-state index in [4.69, 9.17) is 0 Å². The summed E-state index contributed by atoms with van der Waals surface area (Å²) in [6, 6.07) is 13.2. The van der Waals surface area contributed by atoms with Gasteiger partial charge in [0.1, 0.15) is 5.82 Å². The van der Waals surface area contributed by atoms with Crippen LogP contribution in [0.5, 0.6) is 0 Å². The molecule has 20 heavy (non-hydrogen) atoms. The van der Waals surface area contributed by atoms with Gasteiger partial charge in [-0.2, -0.15) is 0 Å². The third-order valence-corrected chi connectivity index (χ3v) is 3.16. The second-order valence-corrected chi connectivity index (χ2v) is 4.54. The van der Waals surface area contributed by atoms with Crippen molar-refractivity contribution in [2.24, 2.45) is 0 Å². The van der Waals surface area contributed by atoms with Crippen molar-refractivity contribution >= 4 is 11.6 Å². The number of anilines is 1. The third kappa shape index (κ3) is 3.15. The predicted octanol–water partition coefficient (Wildman–Crippen LogP) is 3.36. The lowest BCUT2D eigenvalue weighted by Gasteiger charge is -2.16. The van der Waals surface area contributed by atoms with E-state index in [1.807, 2.05) is 25.1 Å². The molecule has 104 valence electrons. The van der Waals surface area contributed by atoms with E-state index >= 15 is 0 Å². The summed E-state index contributed by atoms with van der Waals surface area (Å²) in [7, 11) is 1.77. The Morgan fingerprint density at radius 2 is 1.75 bits per heavy atom. The zero-order valence-corrected chi connectivity index (χ0v) is 11.5. The normalized spacial score (nSPS) is 11.8. The molecule has 0 aliphatic rings. The molecule has 0 unspecified atom stereocenters. The molecule has 0 aromatic heterocycles. The van der Waals surface area contributed by atoms with Crippen molar-refractivity contribution in [1.82, 2.24) is 5.32 Å². The van der Waals surface area contributed by atoms with Crippen LogP contribution in [0, 0.1) is 5.82 Å². The quantitative estimate of drug-likeness (QED) is 0.896. The number of nitrogens with one attached hydrogen (secondary N) is 2. The van der Waals surface area contributed by atoms with Crippen molar-refractivity contribution in [3.05, 3.63) is 65.5 Å². The maximum atomic E-state index is 12.9. The maximum Gasteiger partial charge on any atom is 0.253 e. The number of hydrogen-bond donors (Lipinski definition) is 2. The molecule has 4 heteroatoms. The van der Waals surface area contributed by atoms with Crippen molar-refractivity contribution in [1.29, 1.82) is 0 Å². The standard InChI is InChI=1S/C16H17FN2O/c1-11(12-7-9-13(17)10-8-12)19-16(20)14-5-3-4-6-15(14)18-2/h3-11,18H,1-2H3,(H,19,20)/t11-/m1/s1. The lowest BCUT2D eigenvalue weighted by atomic mass is 10.1. The van der Waals surface area contributed by atoms with Gasteiger partial charge in [0.25, 0.3) is 5.91 Å². The minimum absolute atomic E-state index is 0.160. The van der Waals surface area contributed by atoms with Crippen molar-refractivity contribution in [2.75, 3.05) is 12.4 Å². The summed E-state index contributed by atoms with van der Waals surface area (Å²) in [5.74, 6) is -0.445. The van der Waals surface area contributed by atoms with Crippen molar-refractivity contribution in [3.8, 4) is 0 Å². The molecule has 0 radical (unpaired) electrons. The highest BCUT2D eigenvalue weighted by Crippen LogP contribution is 2.17. The summed E-state index contributed by atoms with van der Waals surface area (Å²) in [5, 5.41) is 5.89. The second-order valence-electron chi connectivity index (χ2n) is 4.54. The van der Waals surface area contributed by atoms with Crippen LogP contribution >= 0.6 is 0 Å². The molecule has 0 saturated carbocycles. The molecule has 2 N–H and O–H groups in total. The van der Waals surface area contributed by atoms with Crippen molar-refractivity contribution < 1.29 is 9.18 Å². The predicted molar refractivity (Wildman–Crippen MR) is 78.3 cm³/mol. The molecule has 0 heterocycles. The zero-order valence-electron chi connectivity index (χ0n) is 11.5. The highest BCUT2D eigenvalue weighted by Gasteiger charge is 2.13. The second kappa shape index (κ2) is 6.19. The topological polar surface area (TPSA) is 41.1 Å². The Kier molecular flexibility index (Phi) is 4.35. The highest BCUT2D eigenvalue weighted by atomic mass is 19.1. The molecule has 0 aliphatic carbocycles. The first-order valence-electron chi connectivity index (χ1n) is 6.45. The molecule has 1 atom stereocenters. The summed E-state index contributed by atoms with van der Waals surface area (Å²) in [6.45, 7) is 1.87. The number of amides is 1. The van der Waals surface area contributed by atoms with Gasteiger partial charge < -0.3 is 10.6 Å². The van der Waals surface area contributed by atoms with Crippen LogP contribution in [0.2, 0.25) is 0 Å². The van der Waals surface area contributed by atoms with Crippen LogP contribution < -0.4 is 10.6 Å². The molecule has 0 saturated heterocycles. The van der Waals surface area contributed by atoms with Gasteiger partial charge in [-0.15, -0.1) is 0 Å². The first kappa shape index (κ1) is 14.1. The summed E-state index contributed by atoms with van der Waals surface area (Å²) >= 11 is 0. The third-order valence-electron chi connectivity index (χ3n) is 3.16. The summed E-state index contributed by atoms with van der Waals surface area (Å²) in [4.78, 5) is 12.2. The van der Waals surface area contributed by atoms with Crippen LogP contribution in [-0.4, -0.2) is 13.0 Å². The van der Waals surface area contributed by atoms with Gasteiger partial charge in [0.2, 0.25) is 0 Å². The average Bonchev–Trinajstić information content (AvgIpc) is 2.47. The molecule has 2 aromatic rings. The number of para-hydroxylation sites is 1. The minimum atomic E-state index is -0.284. The number of carbonyl (C=O) groups is 1. The number of halogens is 1. The first-order chi connectivity index (χ1) is 9.61. The van der Waals surface area contributed by atoms with E-state index < -0.39 is 0 Å². The smallest absolute Gasteiger partial charge is 0.253 e. The Labute approximate surface area is 117 Å². The van der Waals surface area contributed by atoms with Gasteiger partial charge >= 0.3 is 0 Å². The number of benzene rings is 2. The van der Waals surface area contributed by atoms with Crippen LogP contribution in [-0.2, 0) is 0 Å². The fourth-order valence-electron chi connectivity index (χ4n) is 2.01. The molecule has 0 fully saturated rings. The number of carbonyl (C=O) groups excluding carboxylic acids is 1. The molecule has 1 amide bonds. The SMILES string of the molecule is CNc1ccccc1C(=O)N[C@H](C)c1ccc(F)cc1. The summed E-state index contributed by atoms with van der Waals surface area (Å²) in [5.41, 5.74) is 2.22. The lowest BCUT2D eigenvalue weighted by molar-refractivity contribution is 0.0940. The van der Waals surface area contributed by atoms with Gasteiger partial charge in [-0.25, -0.2) is 4.39 Å². The molecule has 2 aromatic carbocycles. The van der Waals surface area contributed by atoms with E-state index in [0.717, 1.165) is 11.3 Å². The van der Waals surface area contributed by atoms with E-state index in [9.17, 15) is 9.18 Å². The summed E-state index contributed by atoms with van der Waals surface area (Å²) in [6.07, 6.45) is 0. The van der Waals surface area contributed by atoms with Gasteiger partial charge in [0.05, 0.1) is 11.6 Å². The van der Waals surface area contributed by atoms with Gasteiger partial charge in [-0.05, 0) is 36.8 Å². The first-order valence-corrected chi connectivity index (χ1v) is 6.45. The van der Waals surface area contributed by atoms with Crippen LogP contribution in [0.1, 0.15) is 28.9 Å². The van der Waals surface area contributed by atoms with E-state index in [2.05, 4.69) is 10.6 Å². The van der Waals surface area contributed by atoms with Gasteiger partial charge in [-0.3, -0.25) is 4.79 Å². The molecule has 0 bridgehead atoms. The Morgan fingerprint density at radius 3 is 2.40 bits per heavy atom. The Bertz CT molecular complexity index is 596. The lowest BCUT2D eigenvalue weighted by Crippen LogP contribution is -2.27. The molecule has 0 spiro atoms. The van der Waals surface area contributed by atoms with Crippen molar-refractivity contribution in [3.63, 3.8) is 0 Å². The molecule has 3 nitrogen and oxygen atoms in total. The zero-order chi connectivity index (χ0) is 14.5. The highest BCUT2D eigenvalue weighted by molar-refractivity contribution is 5.99. The molecule has 0 aliphatic heterocycles. The van der Waals surface area contributed by atoms with Gasteiger partial charge in [-0.1, -0.05) is 24.3 Å². The molecular weight excluding hydrogens is 255 g/mol. The van der Waals surface area contributed by atoms with E-state index in [0.29, 0.717) is 5.56 Å². The molecule has 2 rings (SSSR count). The van der Waals surface area contributed by atoms with Gasteiger partial charge in [0, 0.05) is 12.7 Å². The number of rotatable bonds is 4. The number of hydrogen-bond acceptors (Lipinski definition) is 2. The van der Waals surface area contributed by atoms with Crippen molar-refractivity contribution in [2.45, 2.75) is 13.0 Å². The average molecular weight is 272 g/mol. The van der Waals surface area contributed by atoms with Crippen LogP contribution in [0.3, 0.4) is 0 Å².